The molecule has 4 saturated carbocycles. The number of aromatic nitrogens is 7. The van der Waals surface area contributed by atoms with E-state index < -0.39 is 0 Å². The van der Waals surface area contributed by atoms with Gasteiger partial charge in [0, 0.05) is 34.8 Å². The van der Waals surface area contributed by atoms with Gasteiger partial charge in [-0.15, -0.1) is 5.10 Å². The van der Waals surface area contributed by atoms with Crippen LogP contribution in [0.2, 0.25) is 0 Å². The van der Waals surface area contributed by atoms with E-state index in [2.05, 4.69) is 44.4 Å². The smallest absolute Gasteiger partial charge is 0.293 e. The fourth-order valence-electron chi connectivity index (χ4n) is 8.00. The lowest BCUT2D eigenvalue weighted by Crippen LogP contribution is -2.54. The number of hydrogen-bond acceptors (Lipinski definition) is 5. The van der Waals surface area contributed by atoms with Crippen LogP contribution in [0.5, 0.6) is 0 Å². The number of nitrogens with one attached hydrogen (secondary N) is 1. The van der Waals surface area contributed by atoms with Crippen LogP contribution in [-0.2, 0) is 18.5 Å². The molecule has 0 amide bonds. The third-order valence-corrected chi connectivity index (χ3v) is 9.33. The fraction of sp³-hybridized carbons (Fsp3) is 0.500. The molecule has 4 aliphatic carbocycles. The van der Waals surface area contributed by atoms with Crippen molar-refractivity contribution in [2.75, 3.05) is 0 Å². The summed E-state index contributed by atoms with van der Waals surface area (Å²) in [6, 6.07) is 12.1. The summed E-state index contributed by atoms with van der Waals surface area (Å²) in [7, 11) is 0. The highest BCUT2D eigenvalue weighted by Crippen LogP contribution is 2.58. The molecular formula is C30H35N7O. The molecule has 4 bridgehead atoms. The van der Waals surface area contributed by atoms with Crippen LogP contribution in [0, 0.1) is 17.8 Å². The van der Waals surface area contributed by atoms with Crippen LogP contribution in [-0.4, -0.2) is 34.7 Å². The van der Waals surface area contributed by atoms with Crippen molar-refractivity contribution in [2.45, 2.75) is 76.8 Å². The lowest BCUT2D eigenvalue weighted by atomic mass is 9.53. The van der Waals surface area contributed by atoms with Gasteiger partial charge in [0.2, 0.25) is 0 Å². The molecule has 8 nitrogen and oxygen atoms in total. The molecule has 0 radical (unpaired) electrons. The molecule has 8 rings (SSSR count). The van der Waals surface area contributed by atoms with Crippen molar-refractivity contribution in [1.29, 1.82) is 0 Å². The van der Waals surface area contributed by atoms with Crippen molar-refractivity contribution in [3.63, 3.8) is 0 Å². The first-order chi connectivity index (χ1) is 18.6. The largest absolute Gasteiger partial charge is 0.329 e. The number of unbranched alkanes of at least 4 members (excludes halogenated alkanes) is 1. The number of benzene rings is 1. The third kappa shape index (κ3) is 4.01. The number of imidazole rings is 1. The van der Waals surface area contributed by atoms with E-state index in [0.717, 1.165) is 59.4 Å². The molecule has 8 heteroatoms. The summed E-state index contributed by atoms with van der Waals surface area (Å²) in [5.74, 6) is 3.04. The molecule has 1 aromatic carbocycles. The zero-order valence-electron chi connectivity index (χ0n) is 22.0. The van der Waals surface area contributed by atoms with E-state index >= 15 is 0 Å². The predicted octanol–water partition coefficient (Wildman–Crippen LogP) is 5.21. The van der Waals surface area contributed by atoms with Gasteiger partial charge in [-0.1, -0.05) is 43.7 Å². The lowest BCUT2D eigenvalue weighted by Gasteiger charge is -2.56. The second kappa shape index (κ2) is 9.33. The Bertz CT molecular complexity index is 1450. The molecule has 0 spiro atoms. The number of rotatable bonds is 8. The zero-order chi connectivity index (χ0) is 25.7. The SMILES string of the molecule is CCCCc1cn(C23CC4CC(CC(C4)C2)C3)c(=O)n1Cc1ccc(-c2ccccc2-c2nnn[nH]2)nc1. The molecule has 0 unspecified atom stereocenters. The van der Waals surface area contributed by atoms with Crippen molar-refractivity contribution in [2.24, 2.45) is 17.8 Å². The Morgan fingerprint density at radius 3 is 2.37 bits per heavy atom. The maximum Gasteiger partial charge on any atom is 0.329 e. The van der Waals surface area contributed by atoms with Crippen LogP contribution in [0.15, 0.2) is 53.6 Å². The first kappa shape index (κ1) is 23.6. The highest BCUT2D eigenvalue weighted by Gasteiger charge is 2.52. The summed E-state index contributed by atoms with van der Waals surface area (Å²) < 4.78 is 4.21. The Balaban J connectivity index is 1.20. The van der Waals surface area contributed by atoms with Crippen molar-refractivity contribution >= 4 is 0 Å². The van der Waals surface area contributed by atoms with Crippen molar-refractivity contribution in [1.82, 2.24) is 34.7 Å². The molecule has 3 aromatic heterocycles. The highest BCUT2D eigenvalue weighted by molar-refractivity contribution is 5.78. The number of nitrogens with zero attached hydrogens (tertiary/aromatic N) is 6. The topological polar surface area (TPSA) is 94.3 Å². The summed E-state index contributed by atoms with van der Waals surface area (Å²) in [5.41, 5.74) is 5.14. The first-order valence-electron chi connectivity index (χ1n) is 14.2. The average Bonchev–Trinajstić information content (AvgIpc) is 3.56. The second-order valence-electron chi connectivity index (χ2n) is 12.0. The van der Waals surface area contributed by atoms with E-state index in [-0.39, 0.29) is 11.2 Å². The van der Waals surface area contributed by atoms with E-state index in [0.29, 0.717) is 12.4 Å². The molecule has 1 N–H and O–H groups in total. The van der Waals surface area contributed by atoms with E-state index in [1.165, 1.54) is 44.2 Å². The molecule has 4 aliphatic rings. The van der Waals surface area contributed by atoms with Crippen molar-refractivity contribution in [3.8, 4) is 22.6 Å². The van der Waals surface area contributed by atoms with Crippen LogP contribution >= 0.6 is 0 Å². The minimum absolute atomic E-state index is 0.0411. The number of tetrazole rings is 1. The maximum atomic E-state index is 14.0. The quantitative estimate of drug-likeness (QED) is 0.352. The van der Waals surface area contributed by atoms with Gasteiger partial charge >= 0.3 is 5.69 Å². The Morgan fingerprint density at radius 2 is 1.74 bits per heavy atom. The Kier molecular flexibility index (Phi) is 5.78. The van der Waals surface area contributed by atoms with Crippen LogP contribution in [0.4, 0.5) is 0 Å². The first-order valence-corrected chi connectivity index (χ1v) is 14.2. The predicted molar refractivity (Wildman–Crippen MR) is 145 cm³/mol. The van der Waals surface area contributed by atoms with Crippen LogP contribution in [0.25, 0.3) is 22.6 Å². The van der Waals surface area contributed by atoms with Gasteiger partial charge in [0.1, 0.15) is 0 Å². The third-order valence-electron chi connectivity index (χ3n) is 9.33. The van der Waals surface area contributed by atoms with Crippen molar-refractivity contribution < 1.29 is 0 Å². The van der Waals surface area contributed by atoms with Crippen LogP contribution in [0.3, 0.4) is 0 Å². The Morgan fingerprint density at radius 1 is 1.00 bits per heavy atom. The standard InChI is InChI=1S/C30H35N7O/c1-2-3-6-24-19-37(30-14-21-11-22(15-30)13-23(12-21)16-30)29(38)36(24)18-20-9-10-27(31-17-20)25-7-4-5-8-26(25)28-32-34-35-33-28/h4-5,7-10,17,19,21-23H,2-3,6,11-16,18H2,1H3,(H,32,33,34,35). The maximum absolute atomic E-state index is 14.0. The van der Waals surface area contributed by atoms with E-state index in [4.69, 9.17) is 4.98 Å². The molecule has 4 aromatic rings. The minimum Gasteiger partial charge on any atom is -0.293 e. The summed E-state index contributed by atoms with van der Waals surface area (Å²) in [6.07, 6.45) is 15.0. The molecule has 0 aliphatic heterocycles. The van der Waals surface area contributed by atoms with Gasteiger partial charge in [-0.3, -0.25) is 14.1 Å². The molecule has 0 saturated heterocycles. The Labute approximate surface area is 222 Å². The van der Waals surface area contributed by atoms with Gasteiger partial charge in [0.05, 0.1) is 12.2 Å². The summed E-state index contributed by atoms with van der Waals surface area (Å²) >= 11 is 0. The van der Waals surface area contributed by atoms with Gasteiger partial charge in [-0.2, -0.15) is 0 Å². The summed E-state index contributed by atoms with van der Waals surface area (Å²) in [5, 5.41) is 14.4. The number of aryl methyl sites for hydroxylation is 1. The van der Waals surface area contributed by atoms with Gasteiger partial charge in [0.25, 0.3) is 0 Å². The Hall–Kier alpha value is -3.55. The zero-order valence-corrected chi connectivity index (χ0v) is 22.0. The molecular weight excluding hydrogens is 474 g/mol. The number of aromatic amines is 1. The number of H-pyrrole nitrogens is 1. The normalized spacial score (nSPS) is 25.8. The number of hydrogen-bond donors (Lipinski definition) is 1. The van der Waals surface area contributed by atoms with E-state index in [1.54, 1.807) is 0 Å². The molecule has 4 fully saturated rings. The molecule has 196 valence electrons. The molecule has 38 heavy (non-hydrogen) atoms. The van der Waals surface area contributed by atoms with Crippen molar-refractivity contribution in [3.05, 3.63) is 70.5 Å². The van der Waals surface area contributed by atoms with E-state index in [1.807, 2.05) is 41.1 Å². The summed E-state index contributed by atoms with van der Waals surface area (Å²) in [6.45, 7) is 2.77. The van der Waals surface area contributed by atoms with Gasteiger partial charge < -0.3 is 0 Å². The van der Waals surface area contributed by atoms with Gasteiger partial charge in [-0.25, -0.2) is 9.89 Å². The lowest BCUT2D eigenvalue weighted by molar-refractivity contribution is -0.0449. The molecule has 0 atom stereocenters. The second-order valence-corrected chi connectivity index (χ2v) is 12.0. The monoisotopic (exact) mass is 509 g/mol. The molecule has 3 heterocycles. The fourth-order valence-corrected chi connectivity index (χ4v) is 8.00. The highest BCUT2D eigenvalue weighted by atomic mass is 16.1. The van der Waals surface area contributed by atoms with Crippen LogP contribution < -0.4 is 5.69 Å². The number of pyridine rings is 1. The minimum atomic E-state index is 0.0411. The van der Waals surface area contributed by atoms with Gasteiger partial charge in [0.15, 0.2) is 5.82 Å². The van der Waals surface area contributed by atoms with E-state index in [9.17, 15) is 4.79 Å². The average molecular weight is 510 g/mol. The summed E-state index contributed by atoms with van der Waals surface area (Å²) in [4.78, 5) is 18.8. The van der Waals surface area contributed by atoms with Crippen LogP contribution in [0.1, 0.15) is 69.5 Å². The van der Waals surface area contributed by atoms with Gasteiger partial charge in [-0.05, 0) is 91.2 Å².